The molecule has 4 nitrogen and oxygen atoms in total. The average molecular weight is 451 g/mol. The lowest BCUT2D eigenvalue weighted by Gasteiger charge is -2.09. The van der Waals surface area contributed by atoms with Crippen LogP contribution >= 0.6 is 23.2 Å². The molecule has 3 aromatic rings. The van der Waals surface area contributed by atoms with Gasteiger partial charge in [0.05, 0.1) is 10.0 Å². The van der Waals surface area contributed by atoms with Crippen molar-refractivity contribution in [3.63, 3.8) is 0 Å². The summed E-state index contributed by atoms with van der Waals surface area (Å²) in [6, 6.07) is 20.1. The molecule has 0 heterocycles. The monoisotopic (exact) mass is 450 g/mol. The van der Waals surface area contributed by atoms with E-state index in [2.05, 4.69) is 5.32 Å². The number of nitrogens with zero attached hydrogens (tertiary/aromatic N) is 1. The van der Waals surface area contributed by atoms with Crippen LogP contribution in [0.2, 0.25) is 10.0 Å². The maximum atomic E-state index is 12.5. The molecule has 1 amide bonds. The first-order valence-electron chi connectivity index (χ1n) is 9.53. The molecular formula is C25H20Cl2N2O2. The number of nitrogens with one attached hydrogen (secondary N) is 1. The van der Waals surface area contributed by atoms with Crippen molar-refractivity contribution in [2.24, 2.45) is 0 Å². The first-order chi connectivity index (χ1) is 14.9. The molecule has 0 atom stereocenters. The molecule has 0 bridgehead atoms. The van der Waals surface area contributed by atoms with Crippen LogP contribution in [0.1, 0.15) is 22.3 Å². The summed E-state index contributed by atoms with van der Waals surface area (Å²) in [5.41, 5.74) is 4.36. The van der Waals surface area contributed by atoms with E-state index in [0.717, 1.165) is 16.7 Å². The Balaban J connectivity index is 1.66. The van der Waals surface area contributed by atoms with Gasteiger partial charge in [-0.05, 0) is 66.9 Å². The van der Waals surface area contributed by atoms with Crippen LogP contribution in [0.15, 0.2) is 66.2 Å². The van der Waals surface area contributed by atoms with Gasteiger partial charge in [0.25, 0.3) is 5.91 Å². The van der Waals surface area contributed by atoms with Gasteiger partial charge in [-0.25, -0.2) is 0 Å². The molecule has 0 saturated carbocycles. The van der Waals surface area contributed by atoms with Crippen LogP contribution in [0.4, 0.5) is 5.69 Å². The van der Waals surface area contributed by atoms with Gasteiger partial charge in [0.2, 0.25) is 0 Å². The molecule has 0 radical (unpaired) electrons. The standard InChI is InChI=1S/C25H20Cl2N2O2/c1-16-3-10-24(17(2)11-16)29-25(30)20(14-28)12-18-4-7-21(8-5-18)31-15-19-6-9-22(26)23(27)13-19/h3-13H,15H2,1-2H3,(H,29,30)/b20-12+. The highest BCUT2D eigenvalue weighted by Gasteiger charge is 2.11. The highest BCUT2D eigenvalue weighted by molar-refractivity contribution is 6.42. The van der Waals surface area contributed by atoms with Gasteiger partial charge in [-0.15, -0.1) is 0 Å². The number of carbonyl (C=O) groups excluding carboxylic acids is 1. The van der Waals surface area contributed by atoms with E-state index >= 15 is 0 Å². The van der Waals surface area contributed by atoms with Crippen LogP contribution < -0.4 is 10.1 Å². The summed E-state index contributed by atoms with van der Waals surface area (Å²) in [5, 5.41) is 13.2. The minimum atomic E-state index is -0.450. The molecule has 1 N–H and O–H groups in total. The van der Waals surface area contributed by atoms with E-state index in [9.17, 15) is 10.1 Å². The molecule has 0 spiro atoms. The summed E-state index contributed by atoms with van der Waals surface area (Å²) in [6.07, 6.45) is 1.54. The number of hydrogen-bond acceptors (Lipinski definition) is 3. The maximum Gasteiger partial charge on any atom is 0.266 e. The van der Waals surface area contributed by atoms with Gasteiger partial charge < -0.3 is 10.1 Å². The fourth-order valence-electron chi connectivity index (χ4n) is 2.92. The van der Waals surface area contributed by atoms with E-state index in [1.54, 1.807) is 42.5 Å². The minimum Gasteiger partial charge on any atom is -0.489 e. The van der Waals surface area contributed by atoms with E-state index in [-0.39, 0.29) is 5.57 Å². The molecule has 6 heteroatoms. The van der Waals surface area contributed by atoms with Crippen molar-refractivity contribution in [1.82, 2.24) is 0 Å². The van der Waals surface area contributed by atoms with Gasteiger partial charge >= 0.3 is 0 Å². The van der Waals surface area contributed by atoms with E-state index in [0.29, 0.717) is 33.7 Å². The molecule has 0 fully saturated rings. The van der Waals surface area contributed by atoms with Crippen molar-refractivity contribution < 1.29 is 9.53 Å². The predicted octanol–water partition coefficient (Wildman–Crippen LogP) is 6.73. The van der Waals surface area contributed by atoms with Crippen LogP contribution in [0.5, 0.6) is 5.75 Å². The Kier molecular flexibility index (Phi) is 7.36. The zero-order valence-electron chi connectivity index (χ0n) is 17.1. The second kappa shape index (κ2) is 10.2. The lowest BCUT2D eigenvalue weighted by molar-refractivity contribution is -0.112. The lowest BCUT2D eigenvalue weighted by Crippen LogP contribution is -2.14. The Hall–Kier alpha value is -3.26. The Morgan fingerprint density at radius 1 is 1.03 bits per heavy atom. The number of nitriles is 1. The van der Waals surface area contributed by atoms with Gasteiger partial charge in [0, 0.05) is 5.69 Å². The molecule has 0 aliphatic carbocycles. The second-order valence-corrected chi connectivity index (χ2v) is 7.86. The Labute approximate surface area is 191 Å². The van der Waals surface area contributed by atoms with Crippen LogP contribution in [0, 0.1) is 25.2 Å². The lowest BCUT2D eigenvalue weighted by atomic mass is 10.1. The zero-order valence-corrected chi connectivity index (χ0v) is 18.6. The number of aryl methyl sites for hydroxylation is 2. The third kappa shape index (κ3) is 6.11. The molecule has 0 aliphatic heterocycles. The first-order valence-corrected chi connectivity index (χ1v) is 10.3. The van der Waals surface area contributed by atoms with Crippen LogP contribution in [0.25, 0.3) is 6.08 Å². The molecule has 0 aromatic heterocycles. The number of halogens is 2. The molecule has 156 valence electrons. The second-order valence-electron chi connectivity index (χ2n) is 7.05. The largest absolute Gasteiger partial charge is 0.489 e. The predicted molar refractivity (Wildman–Crippen MR) is 125 cm³/mol. The summed E-state index contributed by atoms with van der Waals surface area (Å²) in [4.78, 5) is 12.5. The van der Waals surface area contributed by atoms with E-state index in [1.165, 1.54) is 0 Å². The number of amides is 1. The quantitative estimate of drug-likeness (QED) is 0.334. The summed E-state index contributed by atoms with van der Waals surface area (Å²) < 4.78 is 5.76. The molecule has 0 unspecified atom stereocenters. The topological polar surface area (TPSA) is 62.1 Å². The van der Waals surface area contributed by atoms with Crippen molar-refractivity contribution in [1.29, 1.82) is 5.26 Å². The number of ether oxygens (including phenoxy) is 1. The van der Waals surface area contributed by atoms with Crippen molar-refractivity contribution in [3.05, 3.63) is 98.5 Å². The van der Waals surface area contributed by atoms with Crippen molar-refractivity contribution in [2.75, 3.05) is 5.32 Å². The molecule has 3 rings (SSSR count). The van der Waals surface area contributed by atoms with Crippen LogP contribution in [-0.2, 0) is 11.4 Å². The van der Waals surface area contributed by atoms with E-state index in [1.807, 2.05) is 44.2 Å². The minimum absolute atomic E-state index is 0.0180. The van der Waals surface area contributed by atoms with Crippen LogP contribution in [0.3, 0.4) is 0 Å². The molecule has 3 aromatic carbocycles. The van der Waals surface area contributed by atoms with Crippen molar-refractivity contribution in [3.8, 4) is 11.8 Å². The molecular weight excluding hydrogens is 431 g/mol. The van der Waals surface area contributed by atoms with Gasteiger partial charge in [0.1, 0.15) is 24.0 Å². The summed E-state index contributed by atoms with van der Waals surface area (Å²) >= 11 is 11.9. The van der Waals surface area contributed by atoms with Gasteiger partial charge in [0.15, 0.2) is 0 Å². The summed E-state index contributed by atoms with van der Waals surface area (Å²) in [5.74, 6) is 0.204. The molecule has 31 heavy (non-hydrogen) atoms. The van der Waals surface area contributed by atoms with Gasteiger partial charge in [-0.1, -0.05) is 59.1 Å². The third-order valence-electron chi connectivity index (χ3n) is 4.58. The summed E-state index contributed by atoms with van der Waals surface area (Å²) in [6.45, 7) is 4.24. The molecule has 0 saturated heterocycles. The van der Waals surface area contributed by atoms with E-state index < -0.39 is 5.91 Å². The Bertz CT molecular complexity index is 1180. The molecule has 0 aliphatic rings. The maximum absolute atomic E-state index is 12.5. The first kappa shape index (κ1) is 22.4. The van der Waals surface area contributed by atoms with Crippen molar-refractivity contribution in [2.45, 2.75) is 20.5 Å². The average Bonchev–Trinajstić information content (AvgIpc) is 2.75. The third-order valence-corrected chi connectivity index (χ3v) is 5.31. The number of rotatable bonds is 6. The Morgan fingerprint density at radius 2 is 1.77 bits per heavy atom. The SMILES string of the molecule is Cc1ccc(NC(=O)/C(C#N)=C/c2ccc(OCc3ccc(Cl)c(Cl)c3)cc2)c(C)c1. The zero-order chi connectivity index (χ0) is 22.4. The summed E-state index contributed by atoms with van der Waals surface area (Å²) in [7, 11) is 0. The number of carbonyl (C=O) groups is 1. The van der Waals surface area contributed by atoms with E-state index in [4.69, 9.17) is 27.9 Å². The van der Waals surface area contributed by atoms with Gasteiger partial charge in [-0.2, -0.15) is 5.26 Å². The fourth-order valence-corrected chi connectivity index (χ4v) is 3.24. The van der Waals surface area contributed by atoms with Crippen molar-refractivity contribution >= 4 is 40.9 Å². The highest BCUT2D eigenvalue weighted by Crippen LogP contribution is 2.24. The smallest absolute Gasteiger partial charge is 0.266 e. The highest BCUT2D eigenvalue weighted by atomic mass is 35.5. The van der Waals surface area contributed by atoms with Crippen LogP contribution in [-0.4, -0.2) is 5.91 Å². The number of benzene rings is 3. The number of anilines is 1. The fraction of sp³-hybridized carbons (Fsp3) is 0.120. The van der Waals surface area contributed by atoms with Gasteiger partial charge in [-0.3, -0.25) is 4.79 Å². The Morgan fingerprint density at radius 3 is 2.42 bits per heavy atom. The number of hydrogen-bond donors (Lipinski definition) is 1. The normalized spacial score (nSPS) is 11.0.